The summed E-state index contributed by atoms with van der Waals surface area (Å²) in [4.78, 5) is 25.1. The molecule has 3 aliphatic rings. The van der Waals surface area contributed by atoms with Gasteiger partial charge in [0.25, 0.3) is 0 Å². The Balaban J connectivity index is 1.51. The summed E-state index contributed by atoms with van der Waals surface area (Å²) in [5.41, 5.74) is 1.03. The molecule has 0 aliphatic heterocycles. The maximum absolute atomic E-state index is 12.8. The van der Waals surface area contributed by atoms with E-state index in [9.17, 15) is 9.59 Å². The van der Waals surface area contributed by atoms with Gasteiger partial charge in [-0.3, -0.25) is 9.59 Å². The Kier molecular flexibility index (Phi) is 3.25. The maximum atomic E-state index is 12.8. The lowest BCUT2D eigenvalue weighted by atomic mass is 9.78. The van der Waals surface area contributed by atoms with E-state index in [4.69, 9.17) is 9.26 Å². The highest BCUT2D eigenvalue weighted by molar-refractivity contribution is 5.87. The number of amides is 1. The van der Waals surface area contributed by atoms with Crippen LogP contribution in [0.4, 0.5) is 0 Å². The fourth-order valence-corrected chi connectivity index (χ4v) is 5.25. The monoisotopic (exact) mass is 318 g/mol. The molecular weight excluding hydrogens is 296 g/mol. The van der Waals surface area contributed by atoms with Crippen molar-refractivity contribution in [3.8, 4) is 0 Å². The number of hydrogen-bond acceptors (Lipinski definition) is 5. The summed E-state index contributed by atoms with van der Waals surface area (Å²) in [7, 11) is 1.42. The predicted octanol–water partition coefficient (Wildman–Crippen LogP) is 1.82. The normalized spacial score (nSPS) is 33.0. The highest BCUT2D eigenvalue weighted by Crippen LogP contribution is 2.74. The van der Waals surface area contributed by atoms with Crippen molar-refractivity contribution in [2.45, 2.75) is 39.2 Å². The van der Waals surface area contributed by atoms with Crippen molar-refractivity contribution in [1.82, 2.24) is 10.5 Å². The Bertz CT molecular complexity index is 649. The molecule has 0 saturated heterocycles. The van der Waals surface area contributed by atoms with E-state index in [1.54, 1.807) is 6.07 Å². The summed E-state index contributed by atoms with van der Waals surface area (Å²) in [6.45, 7) is 2.16. The number of aryl methyl sites for hydroxylation is 1. The van der Waals surface area contributed by atoms with E-state index in [0.717, 1.165) is 31.4 Å². The summed E-state index contributed by atoms with van der Waals surface area (Å²) in [5.74, 6) is 0.475. The Labute approximate surface area is 134 Å². The van der Waals surface area contributed by atoms with Gasteiger partial charge in [0.1, 0.15) is 0 Å². The molecule has 0 unspecified atom stereocenters. The van der Waals surface area contributed by atoms with Crippen LogP contribution in [0.1, 0.15) is 37.1 Å². The highest BCUT2D eigenvalue weighted by Gasteiger charge is 2.71. The molecular formula is C17H22N2O4. The minimum absolute atomic E-state index is 0.0482. The first-order valence-corrected chi connectivity index (χ1v) is 8.34. The molecule has 0 radical (unpaired) electrons. The minimum Gasteiger partial charge on any atom is -0.469 e. The molecule has 1 aromatic rings. The molecule has 1 aromatic heterocycles. The van der Waals surface area contributed by atoms with Gasteiger partial charge in [0, 0.05) is 6.07 Å². The lowest BCUT2D eigenvalue weighted by Crippen LogP contribution is -2.41. The summed E-state index contributed by atoms with van der Waals surface area (Å²) < 4.78 is 10.1. The van der Waals surface area contributed by atoms with Gasteiger partial charge in [-0.1, -0.05) is 5.16 Å². The van der Waals surface area contributed by atoms with Crippen molar-refractivity contribution < 1.29 is 18.8 Å². The molecule has 6 nitrogen and oxygen atoms in total. The first-order chi connectivity index (χ1) is 11.1. The van der Waals surface area contributed by atoms with E-state index in [0.29, 0.717) is 24.1 Å². The van der Waals surface area contributed by atoms with Gasteiger partial charge >= 0.3 is 5.97 Å². The minimum atomic E-state index is -0.280. The number of rotatable bonds is 4. The Morgan fingerprint density at radius 1 is 1.35 bits per heavy atom. The number of ether oxygens (including phenoxy) is 1. The zero-order valence-electron chi connectivity index (χ0n) is 13.5. The second-order valence-corrected chi connectivity index (χ2v) is 7.25. The zero-order valence-corrected chi connectivity index (χ0v) is 13.5. The lowest BCUT2D eigenvalue weighted by Gasteiger charge is -2.27. The van der Waals surface area contributed by atoms with Crippen LogP contribution >= 0.6 is 0 Å². The SMILES string of the molecule is COC(=O)[C@H]1[C@H](C(=O)NCc2cc(C)no2)[C@@H]2CC[C@H]1C21CC1. The van der Waals surface area contributed by atoms with Gasteiger partial charge in [-0.05, 0) is 49.9 Å². The van der Waals surface area contributed by atoms with E-state index in [1.807, 2.05) is 6.92 Å². The number of methoxy groups -OCH3 is 1. The third-order valence-corrected chi connectivity index (χ3v) is 6.24. The number of aromatic nitrogens is 1. The molecule has 3 fully saturated rings. The maximum Gasteiger partial charge on any atom is 0.309 e. The first kappa shape index (κ1) is 14.7. The van der Waals surface area contributed by atoms with E-state index in [1.165, 1.54) is 7.11 Å². The summed E-state index contributed by atoms with van der Waals surface area (Å²) in [5, 5.41) is 6.75. The molecule has 1 heterocycles. The van der Waals surface area contributed by atoms with Crippen LogP contribution in [0.15, 0.2) is 10.6 Å². The molecule has 4 rings (SSSR count). The van der Waals surface area contributed by atoms with Crippen LogP contribution in [0, 0.1) is 36.0 Å². The number of carbonyl (C=O) groups excluding carboxylic acids is 2. The van der Waals surface area contributed by atoms with E-state index < -0.39 is 0 Å². The first-order valence-electron chi connectivity index (χ1n) is 8.34. The van der Waals surface area contributed by atoms with Crippen LogP contribution in [-0.2, 0) is 20.9 Å². The third kappa shape index (κ3) is 2.11. The van der Waals surface area contributed by atoms with Gasteiger partial charge in [0.2, 0.25) is 5.91 Å². The second-order valence-electron chi connectivity index (χ2n) is 7.25. The summed E-state index contributed by atoms with van der Waals surface area (Å²) >= 11 is 0. The van der Waals surface area contributed by atoms with Crippen molar-refractivity contribution in [1.29, 1.82) is 0 Å². The van der Waals surface area contributed by atoms with Gasteiger partial charge in [-0.2, -0.15) is 0 Å². The molecule has 4 atom stereocenters. The summed E-state index contributed by atoms with van der Waals surface area (Å²) in [6.07, 6.45) is 4.41. The van der Waals surface area contributed by atoms with Crippen molar-refractivity contribution in [3.63, 3.8) is 0 Å². The second kappa shape index (κ2) is 5.08. The van der Waals surface area contributed by atoms with Crippen LogP contribution in [0.25, 0.3) is 0 Å². The standard InChI is InChI=1S/C17H22N2O4/c1-9-7-10(23-19-9)8-18-15(20)13-11-3-4-12(17(11)5-6-17)14(13)16(21)22-2/h7,11-14H,3-6,8H2,1-2H3,(H,18,20)/t11-,12+,13+,14+/m0/s1. The highest BCUT2D eigenvalue weighted by atomic mass is 16.5. The zero-order chi connectivity index (χ0) is 16.2. The van der Waals surface area contributed by atoms with Crippen LogP contribution < -0.4 is 5.32 Å². The molecule has 1 amide bonds. The van der Waals surface area contributed by atoms with Crippen molar-refractivity contribution in [2.24, 2.45) is 29.1 Å². The fourth-order valence-electron chi connectivity index (χ4n) is 5.25. The molecule has 23 heavy (non-hydrogen) atoms. The van der Waals surface area contributed by atoms with Gasteiger partial charge in [-0.25, -0.2) is 0 Å². The molecule has 124 valence electrons. The molecule has 1 spiro atoms. The van der Waals surface area contributed by atoms with Crippen LogP contribution in [-0.4, -0.2) is 24.1 Å². The van der Waals surface area contributed by atoms with E-state index >= 15 is 0 Å². The molecule has 2 bridgehead atoms. The largest absolute Gasteiger partial charge is 0.469 e. The number of carbonyl (C=O) groups is 2. The van der Waals surface area contributed by atoms with Crippen LogP contribution in [0.5, 0.6) is 0 Å². The number of esters is 1. The van der Waals surface area contributed by atoms with Crippen molar-refractivity contribution >= 4 is 11.9 Å². The Hall–Kier alpha value is -1.85. The van der Waals surface area contributed by atoms with Gasteiger partial charge in [0.15, 0.2) is 5.76 Å². The van der Waals surface area contributed by atoms with Crippen LogP contribution in [0.2, 0.25) is 0 Å². The number of nitrogens with zero attached hydrogens (tertiary/aromatic N) is 1. The molecule has 6 heteroatoms. The molecule has 0 aromatic carbocycles. The summed E-state index contributed by atoms with van der Waals surface area (Å²) in [6, 6.07) is 1.81. The predicted molar refractivity (Wildman–Crippen MR) is 80.0 cm³/mol. The topological polar surface area (TPSA) is 81.4 Å². The van der Waals surface area contributed by atoms with Crippen molar-refractivity contribution in [2.75, 3.05) is 7.11 Å². The quantitative estimate of drug-likeness (QED) is 0.857. The average Bonchev–Trinajstić information content (AvgIpc) is 3.03. The third-order valence-electron chi connectivity index (χ3n) is 6.24. The van der Waals surface area contributed by atoms with Crippen molar-refractivity contribution in [3.05, 3.63) is 17.5 Å². The van der Waals surface area contributed by atoms with Gasteiger partial charge in [-0.15, -0.1) is 0 Å². The smallest absolute Gasteiger partial charge is 0.309 e. The Morgan fingerprint density at radius 2 is 2.04 bits per heavy atom. The lowest BCUT2D eigenvalue weighted by molar-refractivity contribution is -0.152. The number of nitrogens with one attached hydrogen (secondary N) is 1. The molecule has 3 aliphatic carbocycles. The van der Waals surface area contributed by atoms with Crippen LogP contribution in [0.3, 0.4) is 0 Å². The van der Waals surface area contributed by atoms with E-state index in [-0.39, 0.29) is 29.1 Å². The van der Waals surface area contributed by atoms with E-state index in [2.05, 4.69) is 10.5 Å². The van der Waals surface area contributed by atoms with Gasteiger partial charge < -0.3 is 14.6 Å². The molecule has 1 N–H and O–H groups in total. The molecule has 3 saturated carbocycles. The Morgan fingerprint density at radius 3 is 2.61 bits per heavy atom. The van der Waals surface area contributed by atoms with Gasteiger partial charge in [0.05, 0.1) is 31.2 Å². The fraction of sp³-hybridized carbons (Fsp3) is 0.706. The number of hydrogen-bond donors (Lipinski definition) is 1. The average molecular weight is 318 g/mol.